The lowest BCUT2D eigenvalue weighted by molar-refractivity contribution is 0.0753. The fourth-order valence-corrected chi connectivity index (χ4v) is 4.25. The molecule has 5 nitrogen and oxygen atoms in total. The first kappa shape index (κ1) is 18.4. The number of benzene rings is 3. The molecule has 0 saturated heterocycles. The number of carbonyl (C=O) groups is 1. The molecule has 1 amide bonds. The molecule has 4 aromatic rings. The Morgan fingerprint density at radius 1 is 1.07 bits per heavy atom. The topological polar surface area (TPSA) is 52.2 Å². The van der Waals surface area contributed by atoms with Crippen LogP contribution >= 0.6 is 0 Å². The molecule has 0 bridgehead atoms. The second-order valence-electron chi connectivity index (χ2n) is 7.88. The molecule has 0 atom stereocenters. The number of amides is 1. The minimum Gasteiger partial charge on any atom is -0.364 e. The SMILES string of the molecule is Cc1ccc2c(c1)N(Cc1cnc[nH]1)CCN(C(=O)c1cccc3ccccc13)C2. The number of fused-ring (bicyclic) bond motifs is 2. The Bertz CT molecular complexity index is 1190. The molecule has 150 valence electrons. The van der Waals surface area contributed by atoms with E-state index in [1.165, 1.54) is 16.8 Å². The first-order chi connectivity index (χ1) is 14.7. The number of aryl methyl sites for hydroxylation is 1. The van der Waals surface area contributed by atoms with Crippen molar-refractivity contribution in [3.8, 4) is 0 Å². The van der Waals surface area contributed by atoms with Crippen LogP contribution in [0.5, 0.6) is 0 Å². The van der Waals surface area contributed by atoms with Gasteiger partial charge in [-0.25, -0.2) is 4.98 Å². The Kier molecular flexibility index (Phi) is 4.71. The van der Waals surface area contributed by atoms with Gasteiger partial charge in [-0.15, -0.1) is 0 Å². The van der Waals surface area contributed by atoms with Crippen LogP contribution in [0.25, 0.3) is 10.8 Å². The minimum absolute atomic E-state index is 0.0849. The molecule has 5 heteroatoms. The Labute approximate surface area is 176 Å². The molecule has 5 rings (SSSR count). The smallest absolute Gasteiger partial charge is 0.254 e. The highest BCUT2D eigenvalue weighted by molar-refractivity contribution is 6.07. The zero-order valence-electron chi connectivity index (χ0n) is 17.0. The molecule has 0 radical (unpaired) electrons. The third-order valence-corrected chi connectivity index (χ3v) is 5.81. The zero-order valence-corrected chi connectivity index (χ0v) is 17.0. The summed E-state index contributed by atoms with van der Waals surface area (Å²) < 4.78 is 0. The van der Waals surface area contributed by atoms with Crippen LogP contribution in [0.4, 0.5) is 5.69 Å². The third kappa shape index (κ3) is 3.43. The number of hydrogen-bond donors (Lipinski definition) is 1. The summed E-state index contributed by atoms with van der Waals surface area (Å²) >= 11 is 0. The van der Waals surface area contributed by atoms with Crippen LogP contribution in [0.15, 0.2) is 73.2 Å². The van der Waals surface area contributed by atoms with E-state index in [1.807, 2.05) is 41.4 Å². The fourth-order valence-electron chi connectivity index (χ4n) is 4.25. The van der Waals surface area contributed by atoms with E-state index in [9.17, 15) is 4.79 Å². The molecule has 0 fully saturated rings. The molecule has 0 unspecified atom stereocenters. The van der Waals surface area contributed by atoms with Crippen LogP contribution in [0.1, 0.15) is 27.2 Å². The van der Waals surface area contributed by atoms with Gasteiger partial charge < -0.3 is 14.8 Å². The van der Waals surface area contributed by atoms with Gasteiger partial charge in [-0.3, -0.25) is 4.79 Å². The number of aromatic amines is 1. The van der Waals surface area contributed by atoms with E-state index in [0.29, 0.717) is 13.1 Å². The first-order valence-electron chi connectivity index (χ1n) is 10.3. The fraction of sp³-hybridized carbons (Fsp3) is 0.200. The van der Waals surface area contributed by atoms with Gasteiger partial charge in [0.25, 0.3) is 5.91 Å². The second kappa shape index (κ2) is 7.67. The maximum Gasteiger partial charge on any atom is 0.254 e. The minimum atomic E-state index is 0.0849. The molecule has 1 N–H and O–H groups in total. The largest absolute Gasteiger partial charge is 0.364 e. The molecular weight excluding hydrogens is 372 g/mol. The summed E-state index contributed by atoms with van der Waals surface area (Å²) in [7, 11) is 0. The second-order valence-corrected chi connectivity index (χ2v) is 7.88. The normalized spacial score (nSPS) is 13.9. The van der Waals surface area contributed by atoms with Crippen molar-refractivity contribution in [3.05, 3.63) is 95.6 Å². The van der Waals surface area contributed by atoms with Gasteiger partial charge in [0, 0.05) is 37.1 Å². The molecule has 30 heavy (non-hydrogen) atoms. The number of rotatable bonds is 3. The molecule has 0 aliphatic carbocycles. The molecule has 1 aromatic heterocycles. The summed E-state index contributed by atoms with van der Waals surface area (Å²) in [5.74, 6) is 0.0849. The standard InChI is InChI=1S/C25H24N4O/c1-18-9-10-20-15-29(12-11-28(24(20)13-18)16-21-14-26-17-27-21)25(30)23-8-4-6-19-5-2-3-7-22(19)23/h2-10,13-14,17H,11-12,15-16H2,1H3,(H,26,27). The molecule has 2 heterocycles. The Morgan fingerprint density at radius 2 is 1.93 bits per heavy atom. The van der Waals surface area contributed by atoms with E-state index in [4.69, 9.17) is 0 Å². The summed E-state index contributed by atoms with van der Waals surface area (Å²) in [4.78, 5) is 25.2. The van der Waals surface area contributed by atoms with Gasteiger partial charge in [0.2, 0.25) is 0 Å². The lowest BCUT2D eigenvalue weighted by Crippen LogP contribution is -2.35. The number of aromatic nitrogens is 2. The highest BCUT2D eigenvalue weighted by Gasteiger charge is 2.25. The van der Waals surface area contributed by atoms with Crippen molar-refractivity contribution >= 4 is 22.4 Å². The number of carbonyl (C=O) groups excluding carboxylic acids is 1. The maximum atomic E-state index is 13.6. The van der Waals surface area contributed by atoms with E-state index in [1.54, 1.807) is 6.33 Å². The molecule has 0 saturated carbocycles. The number of nitrogens with one attached hydrogen (secondary N) is 1. The molecular formula is C25H24N4O. The van der Waals surface area contributed by atoms with Gasteiger partial charge >= 0.3 is 0 Å². The van der Waals surface area contributed by atoms with Crippen LogP contribution < -0.4 is 4.90 Å². The third-order valence-electron chi connectivity index (χ3n) is 5.81. The first-order valence-corrected chi connectivity index (χ1v) is 10.3. The summed E-state index contributed by atoms with van der Waals surface area (Å²) in [6.45, 7) is 4.90. The summed E-state index contributed by atoms with van der Waals surface area (Å²) in [5.41, 5.74) is 5.42. The predicted molar refractivity (Wildman–Crippen MR) is 120 cm³/mol. The van der Waals surface area contributed by atoms with Gasteiger partial charge in [-0.1, -0.05) is 48.5 Å². The van der Waals surface area contributed by atoms with Crippen molar-refractivity contribution in [2.75, 3.05) is 18.0 Å². The van der Waals surface area contributed by atoms with Gasteiger partial charge in [-0.2, -0.15) is 0 Å². The van der Waals surface area contributed by atoms with Gasteiger partial charge in [0.15, 0.2) is 0 Å². The highest BCUT2D eigenvalue weighted by atomic mass is 16.2. The van der Waals surface area contributed by atoms with Crippen molar-refractivity contribution in [3.63, 3.8) is 0 Å². The summed E-state index contributed by atoms with van der Waals surface area (Å²) in [6.07, 6.45) is 3.57. The van der Waals surface area contributed by atoms with E-state index >= 15 is 0 Å². The van der Waals surface area contributed by atoms with Crippen LogP contribution in [-0.4, -0.2) is 33.9 Å². The van der Waals surface area contributed by atoms with Crippen molar-refractivity contribution < 1.29 is 4.79 Å². The Morgan fingerprint density at radius 3 is 2.80 bits per heavy atom. The monoisotopic (exact) mass is 396 g/mol. The van der Waals surface area contributed by atoms with Crippen molar-refractivity contribution in [1.82, 2.24) is 14.9 Å². The number of nitrogens with zero attached hydrogens (tertiary/aromatic N) is 3. The van der Waals surface area contributed by atoms with E-state index < -0.39 is 0 Å². The average molecular weight is 396 g/mol. The number of H-pyrrole nitrogens is 1. The van der Waals surface area contributed by atoms with E-state index in [0.717, 1.165) is 35.1 Å². The van der Waals surface area contributed by atoms with Crippen molar-refractivity contribution in [2.24, 2.45) is 0 Å². The lowest BCUT2D eigenvalue weighted by atomic mass is 10.0. The van der Waals surface area contributed by atoms with Gasteiger partial charge in [0.05, 0.1) is 18.6 Å². The quantitative estimate of drug-likeness (QED) is 0.553. The van der Waals surface area contributed by atoms with E-state index in [-0.39, 0.29) is 5.91 Å². The van der Waals surface area contributed by atoms with Crippen LogP contribution in [0.3, 0.4) is 0 Å². The van der Waals surface area contributed by atoms with Crippen LogP contribution in [0, 0.1) is 6.92 Å². The van der Waals surface area contributed by atoms with Crippen molar-refractivity contribution in [2.45, 2.75) is 20.0 Å². The molecule has 3 aromatic carbocycles. The molecule has 1 aliphatic rings. The number of anilines is 1. The maximum absolute atomic E-state index is 13.6. The zero-order chi connectivity index (χ0) is 20.5. The number of hydrogen-bond acceptors (Lipinski definition) is 3. The van der Waals surface area contributed by atoms with E-state index in [2.05, 4.69) is 52.1 Å². The average Bonchev–Trinajstić information content (AvgIpc) is 3.22. The predicted octanol–water partition coefficient (Wildman–Crippen LogP) is 4.53. The Balaban J connectivity index is 1.49. The van der Waals surface area contributed by atoms with Crippen LogP contribution in [-0.2, 0) is 13.1 Å². The van der Waals surface area contributed by atoms with Gasteiger partial charge in [0.1, 0.15) is 0 Å². The molecule has 0 spiro atoms. The summed E-state index contributed by atoms with van der Waals surface area (Å²) in [6, 6.07) is 20.5. The van der Waals surface area contributed by atoms with Crippen molar-refractivity contribution in [1.29, 1.82) is 0 Å². The summed E-state index contributed by atoms with van der Waals surface area (Å²) in [5, 5.41) is 2.10. The highest BCUT2D eigenvalue weighted by Crippen LogP contribution is 2.29. The van der Waals surface area contributed by atoms with Crippen LogP contribution in [0.2, 0.25) is 0 Å². The van der Waals surface area contributed by atoms with Gasteiger partial charge in [-0.05, 0) is 41.0 Å². The Hall–Kier alpha value is -3.60. The number of imidazole rings is 1. The lowest BCUT2D eigenvalue weighted by Gasteiger charge is -2.24. The molecule has 1 aliphatic heterocycles.